The molecule has 0 fully saturated rings. The van der Waals surface area contributed by atoms with Gasteiger partial charge in [0, 0.05) is 0 Å². The van der Waals surface area contributed by atoms with E-state index in [0.717, 1.165) is 18.2 Å². The molecule has 6 heteroatoms. The van der Waals surface area contributed by atoms with Crippen LogP contribution in [0.1, 0.15) is 5.56 Å². The molecule has 0 atom stereocenters. The number of nitriles is 1. The number of nitrogens with zero attached hydrogens (tertiary/aromatic N) is 1. The first-order valence-corrected chi connectivity index (χ1v) is 5.45. The van der Waals surface area contributed by atoms with Gasteiger partial charge in [0.15, 0.2) is 0 Å². The molecule has 0 saturated carbocycles. The highest BCUT2D eigenvalue weighted by atomic mass is 19.4. The first-order valence-electron chi connectivity index (χ1n) is 5.45. The Kier molecular flexibility index (Phi) is 3.61. The number of hydrogen-bond donors (Lipinski definition) is 0. The number of benzene rings is 2. The quantitative estimate of drug-likeness (QED) is 0.770. The van der Waals surface area contributed by atoms with Crippen LogP contribution in [0.25, 0.3) is 11.1 Å². The summed E-state index contributed by atoms with van der Waals surface area (Å²) in [6.07, 6.45) is -4.74. The van der Waals surface area contributed by atoms with E-state index in [1.54, 1.807) is 6.07 Å². The molecule has 0 spiro atoms. The second kappa shape index (κ2) is 5.21. The lowest BCUT2D eigenvalue weighted by molar-refractivity contribution is -0.274. The van der Waals surface area contributed by atoms with E-state index < -0.39 is 12.2 Å². The summed E-state index contributed by atoms with van der Waals surface area (Å²) in [5.74, 6) is -0.989. The van der Waals surface area contributed by atoms with E-state index in [4.69, 9.17) is 5.26 Å². The predicted molar refractivity (Wildman–Crippen MR) is 63.2 cm³/mol. The van der Waals surface area contributed by atoms with Gasteiger partial charge in [0.25, 0.3) is 0 Å². The van der Waals surface area contributed by atoms with E-state index in [9.17, 15) is 17.6 Å². The van der Waals surface area contributed by atoms with E-state index in [1.165, 1.54) is 24.3 Å². The molecule has 20 heavy (non-hydrogen) atoms. The van der Waals surface area contributed by atoms with Gasteiger partial charge in [0.1, 0.15) is 17.6 Å². The van der Waals surface area contributed by atoms with Crippen LogP contribution in [0.4, 0.5) is 17.6 Å². The Morgan fingerprint density at radius 2 is 1.55 bits per heavy atom. The SMILES string of the molecule is N#Cc1cc(-c2ccc(OC(F)(F)F)cc2)ccc1F. The fourth-order valence-electron chi connectivity index (χ4n) is 1.64. The summed E-state index contributed by atoms with van der Waals surface area (Å²) in [6, 6.07) is 10.7. The van der Waals surface area contributed by atoms with Crippen LogP contribution < -0.4 is 4.74 Å². The average Bonchev–Trinajstić information content (AvgIpc) is 2.38. The van der Waals surface area contributed by atoms with Crippen molar-refractivity contribution in [3.8, 4) is 22.9 Å². The minimum absolute atomic E-state index is 0.127. The van der Waals surface area contributed by atoms with Crippen LogP contribution in [0.5, 0.6) is 5.75 Å². The summed E-state index contributed by atoms with van der Waals surface area (Å²) >= 11 is 0. The molecule has 0 bridgehead atoms. The standard InChI is InChI=1S/C14H7F4NO/c15-13-6-3-10(7-11(13)8-19)9-1-4-12(5-2-9)20-14(16,17)18/h1-7H. The zero-order valence-corrected chi connectivity index (χ0v) is 9.91. The zero-order chi connectivity index (χ0) is 14.8. The molecule has 2 nitrogen and oxygen atoms in total. The fourth-order valence-corrected chi connectivity index (χ4v) is 1.64. The molecule has 2 aromatic carbocycles. The van der Waals surface area contributed by atoms with Gasteiger partial charge in [-0.25, -0.2) is 4.39 Å². The molecular formula is C14H7F4NO. The largest absolute Gasteiger partial charge is 0.573 e. The number of halogens is 4. The minimum Gasteiger partial charge on any atom is -0.406 e. The fraction of sp³-hybridized carbons (Fsp3) is 0.0714. The van der Waals surface area contributed by atoms with Gasteiger partial charge in [0.05, 0.1) is 5.56 Å². The van der Waals surface area contributed by atoms with Crippen LogP contribution in [0, 0.1) is 17.1 Å². The topological polar surface area (TPSA) is 33.0 Å². The summed E-state index contributed by atoms with van der Waals surface area (Å²) in [5, 5.41) is 8.73. The molecule has 0 aliphatic carbocycles. The molecule has 2 rings (SSSR count). The van der Waals surface area contributed by atoms with E-state index in [2.05, 4.69) is 4.74 Å². The molecule has 0 amide bonds. The molecule has 102 valence electrons. The van der Waals surface area contributed by atoms with Crippen LogP contribution in [0.2, 0.25) is 0 Å². The van der Waals surface area contributed by atoms with Crippen molar-refractivity contribution >= 4 is 0 Å². The molecule has 0 unspecified atom stereocenters. The van der Waals surface area contributed by atoms with Crippen molar-refractivity contribution in [1.29, 1.82) is 5.26 Å². The van der Waals surface area contributed by atoms with Gasteiger partial charge >= 0.3 is 6.36 Å². The highest BCUT2D eigenvalue weighted by Crippen LogP contribution is 2.27. The maximum Gasteiger partial charge on any atom is 0.573 e. The van der Waals surface area contributed by atoms with E-state index in [-0.39, 0.29) is 11.3 Å². The van der Waals surface area contributed by atoms with Crippen molar-refractivity contribution in [3.05, 3.63) is 53.8 Å². The Morgan fingerprint density at radius 3 is 2.10 bits per heavy atom. The Labute approximate surface area is 111 Å². The summed E-state index contributed by atoms with van der Waals surface area (Å²) in [5.41, 5.74) is 0.954. The monoisotopic (exact) mass is 281 g/mol. The third-order valence-electron chi connectivity index (χ3n) is 2.51. The van der Waals surface area contributed by atoms with Gasteiger partial charge in [-0.15, -0.1) is 13.2 Å². The van der Waals surface area contributed by atoms with Crippen LogP contribution in [0.3, 0.4) is 0 Å². The first-order chi connectivity index (χ1) is 9.39. The number of hydrogen-bond acceptors (Lipinski definition) is 2. The van der Waals surface area contributed by atoms with Crippen molar-refractivity contribution in [2.75, 3.05) is 0 Å². The Hall–Kier alpha value is -2.55. The van der Waals surface area contributed by atoms with Gasteiger partial charge in [-0.1, -0.05) is 18.2 Å². The molecule has 2 aromatic rings. The third kappa shape index (κ3) is 3.26. The molecule has 0 aromatic heterocycles. The van der Waals surface area contributed by atoms with Gasteiger partial charge in [-0.3, -0.25) is 0 Å². The second-order valence-corrected chi connectivity index (χ2v) is 3.88. The molecule has 0 N–H and O–H groups in total. The second-order valence-electron chi connectivity index (χ2n) is 3.88. The Bertz CT molecular complexity index is 656. The maximum atomic E-state index is 13.2. The molecule has 0 aliphatic rings. The summed E-state index contributed by atoms with van der Waals surface area (Å²) in [7, 11) is 0. The Balaban J connectivity index is 2.29. The lowest BCUT2D eigenvalue weighted by Gasteiger charge is -2.09. The predicted octanol–water partition coefficient (Wildman–Crippen LogP) is 4.26. The van der Waals surface area contributed by atoms with E-state index >= 15 is 0 Å². The molecule has 0 aliphatic heterocycles. The molecule has 0 saturated heterocycles. The molecular weight excluding hydrogens is 274 g/mol. The van der Waals surface area contributed by atoms with Gasteiger partial charge < -0.3 is 4.74 Å². The van der Waals surface area contributed by atoms with Crippen molar-refractivity contribution < 1.29 is 22.3 Å². The molecule has 0 heterocycles. The minimum atomic E-state index is -4.74. The van der Waals surface area contributed by atoms with Crippen molar-refractivity contribution in [3.63, 3.8) is 0 Å². The third-order valence-corrected chi connectivity index (χ3v) is 2.51. The highest BCUT2D eigenvalue weighted by Gasteiger charge is 2.30. The normalized spacial score (nSPS) is 10.9. The van der Waals surface area contributed by atoms with Gasteiger partial charge in [0.2, 0.25) is 0 Å². The number of rotatable bonds is 2. The van der Waals surface area contributed by atoms with Crippen LogP contribution in [-0.4, -0.2) is 6.36 Å². The van der Waals surface area contributed by atoms with Crippen LogP contribution in [-0.2, 0) is 0 Å². The number of alkyl halides is 3. The smallest absolute Gasteiger partial charge is 0.406 e. The molecule has 0 radical (unpaired) electrons. The highest BCUT2D eigenvalue weighted by molar-refractivity contribution is 5.66. The van der Waals surface area contributed by atoms with Crippen molar-refractivity contribution in [2.24, 2.45) is 0 Å². The zero-order valence-electron chi connectivity index (χ0n) is 9.91. The Morgan fingerprint density at radius 1 is 0.950 bits per heavy atom. The van der Waals surface area contributed by atoms with Crippen molar-refractivity contribution in [1.82, 2.24) is 0 Å². The summed E-state index contributed by atoms with van der Waals surface area (Å²) in [6.45, 7) is 0. The maximum absolute atomic E-state index is 13.2. The van der Waals surface area contributed by atoms with Gasteiger partial charge in [-0.05, 0) is 35.4 Å². The van der Waals surface area contributed by atoms with Gasteiger partial charge in [-0.2, -0.15) is 5.26 Å². The van der Waals surface area contributed by atoms with E-state index in [1.807, 2.05) is 0 Å². The number of ether oxygens (including phenoxy) is 1. The summed E-state index contributed by atoms with van der Waals surface area (Å²) < 4.78 is 52.9. The van der Waals surface area contributed by atoms with E-state index in [0.29, 0.717) is 11.1 Å². The van der Waals surface area contributed by atoms with Crippen LogP contribution >= 0.6 is 0 Å². The lowest BCUT2D eigenvalue weighted by atomic mass is 10.0. The first kappa shape index (κ1) is 13.9. The lowest BCUT2D eigenvalue weighted by Crippen LogP contribution is -2.16. The summed E-state index contributed by atoms with van der Waals surface area (Å²) in [4.78, 5) is 0. The van der Waals surface area contributed by atoms with Crippen molar-refractivity contribution in [2.45, 2.75) is 6.36 Å². The average molecular weight is 281 g/mol. The van der Waals surface area contributed by atoms with Crippen LogP contribution in [0.15, 0.2) is 42.5 Å².